The van der Waals surface area contributed by atoms with Gasteiger partial charge in [0.1, 0.15) is 0 Å². The Morgan fingerprint density at radius 1 is 1.35 bits per heavy atom. The average Bonchev–Trinajstić information content (AvgIpc) is 2.76. The van der Waals surface area contributed by atoms with Crippen molar-refractivity contribution in [2.45, 2.75) is 19.6 Å². The SMILES string of the molecule is Cc1nn(C)cc1CN(C)C(=O)Nc1ccccc1C(F)(F)F. The number of carbonyl (C=O) groups excluding carboxylic acids is 1. The van der Waals surface area contributed by atoms with Crippen molar-refractivity contribution in [3.8, 4) is 0 Å². The maximum Gasteiger partial charge on any atom is 0.418 e. The van der Waals surface area contributed by atoms with Crippen LogP contribution in [0.5, 0.6) is 0 Å². The lowest BCUT2D eigenvalue weighted by molar-refractivity contribution is -0.136. The van der Waals surface area contributed by atoms with Gasteiger partial charge >= 0.3 is 12.2 Å². The van der Waals surface area contributed by atoms with Crippen molar-refractivity contribution in [1.82, 2.24) is 14.7 Å². The molecule has 1 N–H and O–H groups in total. The highest BCUT2D eigenvalue weighted by Gasteiger charge is 2.33. The smallest absolute Gasteiger partial charge is 0.323 e. The van der Waals surface area contributed by atoms with Crippen LogP contribution in [0, 0.1) is 6.92 Å². The minimum atomic E-state index is -4.53. The number of hydrogen-bond acceptors (Lipinski definition) is 2. The number of anilines is 1. The highest BCUT2D eigenvalue weighted by Crippen LogP contribution is 2.34. The molecule has 8 heteroatoms. The first-order valence-corrected chi connectivity index (χ1v) is 6.86. The third kappa shape index (κ3) is 4.02. The summed E-state index contributed by atoms with van der Waals surface area (Å²) in [5.41, 5.74) is 0.455. The van der Waals surface area contributed by atoms with Gasteiger partial charge in [-0.2, -0.15) is 18.3 Å². The van der Waals surface area contributed by atoms with Gasteiger partial charge in [-0.15, -0.1) is 0 Å². The molecule has 0 fully saturated rings. The number of carbonyl (C=O) groups is 1. The van der Waals surface area contributed by atoms with Crippen molar-refractivity contribution in [2.24, 2.45) is 7.05 Å². The minimum absolute atomic E-state index is 0.250. The van der Waals surface area contributed by atoms with E-state index in [0.29, 0.717) is 0 Å². The second-order valence-corrected chi connectivity index (χ2v) is 5.24. The van der Waals surface area contributed by atoms with Gasteiger partial charge in [-0.1, -0.05) is 12.1 Å². The molecule has 2 aromatic rings. The highest BCUT2D eigenvalue weighted by atomic mass is 19.4. The molecular formula is C15H17F3N4O. The Morgan fingerprint density at radius 2 is 2.00 bits per heavy atom. The van der Waals surface area contributed by atoms with Crippen LogP contribution in [0.1, 0.15) is 16.8 Å². The zero-order valence-corrected chi connectivity index (χ0v) is 13.0. The Balaban J connectivity index is 2.12. The largest absolute Gasteiger partial charge is 0.418 e. The van der Waals surface area contributed by atoms with E-state index in [4.69, 9.17) is 0 Å². The number of aromatic nitrogens is 2. The molecule has 0 spiro atoms. The number of benzene rings is 1. The number of nitrogens with zero attached hydrogens (tertiary/aromatic N) is 3. The summed E-state index contributed by atoms with van der Waals surface area (Å²) in [7, 11) is 3.27. The van der Waals surface area contributed by atoms with E-state index in [9.17, 15) is 18.0 Å². The van der Waals surface area contributed by atoms with Crippen LogP contribution in [0.15, 0.2) is 30.5 Å². The van der Waals surface area contributed by atoms with Gasteiger partial charge in [0.05, 0.1) is 23.5 Å². The van der Waals surface area contributed by atoms with Crippen LogP contribution in [0.2, 0.25) is 0 Å². The molecule has 2 amide bonds. The number of halogens is 3. The number of aryl methyl sites for hydroxylation is 2. The Bertz CT molecular complexity index is 709. The second kappa shape index (κ2) is 6.31. The summed E-state index contributed by atoms with van der Waals surface area (Å²) in [6.07, 6.45) is -2.76. The Morgan fingerprint density at radius 3 is 2.57 bits per heavy atom. The molecule has 0 radical (unpaired) electrons. The maximum absolute atomic E-state index is 12.9. The van der Waals surface area contributed by atoms with Crippen molar-refractivity contribution < 1.29 is 18.0 Å². The van der Waals surface area contributed by atoms with E-state index in [1.165, 1.54) is 30.1 Å². The molecule has 2 rings (SSSR count). The van der Waals surface area contributed by atoms with Crippen LogP contribution in [-0.4, -0.2) is 27.8 Å². The summed E-state index contributed by atoms with van der Waals surface area (Å²) in [6.45, 7) is 2.06. The molecule has 0 aliphatic heterocycles. The molecule has 124 valence electrons. The molecule has 0 unspecified atom stereocenters. The van der Waals surface area contributed by atoms with Gasteiger partial charge in [-0.25, -0.2) is 4.79 Å². The number of amides is 2. The van der Waals surface area contributed by atoms with E-state index >= 15 is 0 Å². The lowest BCUT2D eigenvalue weighted by Crippen LogP contribution is -2.31. The summed E-state index contributed by atoms with van der Waals surface area (Å²) in [6, 6.07) is 4.26. The standard InChI is InChI=1S/C15H17F3N4O/c1-10-11(9-22(3)20-10)8-21(2)14(23)19-13-7-5-4-6-12(13)15(16,17)18/h4-7,9H,8H2,1-3H3,(H,19,23). The first-order valence-electron chi connectivity index (χ1n) is 6.86. The van der Waals surface area contributed by atoms with Crippen LogP contribution >= 0.6 is 0 Å². The fourth-order valence-corrected chi connectivity index (χ4v) is 2.18. The number of rotatable bonds is 3. The fourth-order valence-electron chi connectivity index (χ4n) is 2.18. The number of nitrogens with one attached hydrogen (secondary N) is 1. The fraction of sp³-hybridized carbons (Fsp3) is 0.333. The van der Waals surface area contributed by atoms with E-state index in [0.717, 1.165) is 17.3 Å². The molecule has 5 nitrogen and oxygen atoms in total. The number of para-hydroxylation sites is 1. The summed E-state index contributed by atoms with van der Waals surface area (Å²) in [5.74, 6) is 0. The predicted octanol–water partition coefficient (Wildman–Crippen LogP) is 3.41. The quantitative estimate of drug-likeness (QED) is 0.940. The van der Waals surface area contributed by atoms with Gasteiger partial charge in [0.2, 0.25) is 0 Å². The van der Waals surface area contributed by atoms with Gasteiger partial charge < -0.3 is 10.2 Å². The molecule has 1 aromatic heterocycles. The highest BCUT2D eigenvalue weighted by molar-refractivity contribution is 5.90. The third-order valence-corrected chi connectivity index (χ3v) is 3.34. The molecule has 0 bridgehead atoms. The Hall–Kier alpha value is -2.51. The van der Waals surface area contributed by atoms with Gasteiger partial charge in [0.15, 0.2) is 0 Å². The molecule has 0 aliphatic carbocycles. The van der Waals surface area contributed by atoms with Crippen LogP contribution in [0.3, 0.4) is 0 Å². The normalized spacial score (nSPS) is 11.4. The van der Waals surface area contributed by atoms with E-state index in [-0.39, 0.29) is 12.2 Å². The summed E-state index contributed by atoms with van der Waals surface area (Å²) < 4.78 is 40.4. The van der Waals surface area contributed by atoms with Crippen molar-refractivity contribution in [2.75, 3.05) is 12.4 Å². The van der Waals surface area contributed by atoms with E-state index in [1.807, 2.05) is 0 Å². The number of hydrogen-bond donors (Lipinski definition) is 1. The number of urea groups is 1. The summed E-state index contributed by atoms with van der Waals surface area (Å²) in [4.78, 5) is 13.4. The second-order valence-electron chi connectivity index (χ2n) is 5.24. The molecule has 23 heavy (non-hydrogen) atoms. The van der Waals surface area contributed by atoms with Gasteiger partial charge in [0.25, 0.3) is 0 Å². The molecule has 1 heterocycles. The summed E-state index contributed by atoms with van der Waals surface area (Å²) in [5, 5.41) is 6.47. The maximum atomic E-state index is 12.9. The van der Waals surface area contributed by atoms with Crippen molar-refractivity contribution in [1.29, 1.82) is 0 Å². The third-order valence-electron chi connectivity index (χ3n) is 3.34. The minimum Gasteiger partial charge on any atom is -0.323 e. The van der Waals surface area contributed by atoms with Gasteiger partial charge in [0, 0.05) is 25.9 Å². The van der Waals surface area contributed by atoms with Gasteiger partial charge in [-0.05, 0) is 19.1 Å². The molecule has 0 atom stereocenters. The lowest BCUT2D eigenvalue weighted by atomic mass is 10.1. The van der Waals surface area contributed by atoms with Crippen molar-refractivity contribution in [3.05, 3.63) is 47.3 Å². The zero-order chi connectivity index (χ0) is 17.2. The van der Waals surface area contributed by atoms with Crippen molar-refractivity contribution in [3.63, 3.8) is 0 Å². The molecule has 0 aliphatic rings. The molecular weight excluding hydrogens is 309 g/mol. The van der Waals surface area contributed by atoms with E-state index in [2.05, 4.69) is 10.4 Å². The topological polar surface area (TPSA) is 50.2 Å². The van der Waals surface area contributed by atoms with Crippen LogP contribution in [0.4, 0.5) is 23.7 Å². The Kier molecular flexibility index (Phi) is 4.63. The van der Waals surface area contributed by atoms with Crippen LogP contribution in [-0.2, 0) is 19.8 Å². The first-order chi connectivity index (χ1) is 10.7. The molecule has 1 aromatic carbocycles. The molecule has 0 saturated carbocycles. The molecule has 0 saturated heterocycles. The monoisotopic (exact) mass is 326 g/mol. The van der Waals surface area contributed by atoms with Crippen LogP contribution < -0.4 is 5.32 Å². The van der Waals surface area contributed by atoms with Gasteiger partial charge in [-0.3, -0.25) is 4.68 Å². The average molecular weight is 326 g/mol. The first kappa shape index (κ1) is 16.9. The van der Waals surface area contributed by atoms with E-state index in [1.54, 1.807) is 24.9 Å². The van der Waals surface area contributed by atoms with Crippen molar-refractivity contribution >= 4 is 11.7 Å². The number of alkyl halides is 3. The lowest BCUT2D eigenvalue weighted by Gasteiger charge is -2.19. The van der Waals surface area contributed by atoms with E-state index < -0.39 is 17.8 Å². The summed E-state index contributed by atoms with van der Waals surface area (Å²) >= 11 is 0. The Labute approximate surface area is 131 Å². The van der Waals surface area contributed by atoms with Crippen LogP contribution in [0.25, 0.3) is 0 Å². The predicted molar refractivity (Wildman–Crippen MR) is 79.9 cm³/mol. The zero-order valence-electron chi connectivity index (χ0n) is 13.0.